The van der Waals surface area contributed by atoms with Crippen molar-refractivity contribution in [3.8, 4) is 11.5 Å². The van der Waals surface area contributed by atoms with Crippen molar-refractivity contribution in [3.63, 3.8) is 0 Å². The molecule has 1 heterocycles. The molecular weight excluding hydrogens is 346 g/mol. The molecule has 8 nitrogen and oxygen atoms in total. The zero-order chi connectivity index (χ0) is 18.6. The average Bonchev–Trinajstić information content (AvgIpc) is 2.85. The molecule has 9 heteroatoms. The van der Waals surface area contributed by atoms with Gasteiger partial charge in [-0.3, -0.25) is 24.8 Å². The molecule has 0 radical (unpaired) electrons. The van der Waals surface area contributed by atoms with Gasteiger partial charge in [0, 0.05) is 19.2 Å². The summed E-state index contributed by atoms with van der Waals surface area (Å²) >= 11 is 1.22. The van der Waals surface area contributed by atoms with Crippen LogP contribution in [0.15, 0.2) is 22.0 Å². The summed E-state index contributed by atoms with van der Waals surface area (Å²) in [4.78, 5) is 29.2. The largest absolute Gasteiger partial charge is 0.500 e. The molecule has 0 saturated carbocycles. The van der Waals surface area contributed by atoms with Gasteiger partial charge in [0.15, 0.2) is 10.9 Å². The molecule has 134 valence electrons. The van der Waals surface area contributed by atoms with Crippen LogP contribution >= 0.6 is 11.8 Å². The van der Waals surface area contributed by atoms with Crippen molar-refractivity contribution < 1.29 is 19.6 Å². The number of amidine groups is 1. The van der Waals surface area contributed by atoms with E-state index in [0.717, 1.165) is 0 Å². The number of likely N-dealkylation sites (N-methyl/N-ethyl adjacent to an activating group) is 1. The zero-order valence-electron chi connectivity index (χ0n) is 14.2. The topological polar surface area (TPSA) is 105 Å². The van der Waals surface area contributed by atoms with Crippen LogP contribution in [0.4, 0.5) is 5.69 Å². The van der Waals surface area contributed by atoms with E-state index in [1.807, 2.05) is 13.8 Å². The Hall–Kier alpha value is -2.55. The third kappa shape index (κ3) is 3.93. The molecule has 25 heavy (non-hydrogen) atoms. The van der Waals surface area contributed by atoms with E-state index in [2.05, 4.69) is 4.99 Å². The molecule has 1 fully saturated rings. The lowest BCUT2D eigenvalue weighted by atomic mass is 10.1. The van der Waals surface area contributed by atoms with E-state index in [0.29, 0.717) is 28.7 Å². The van der Waals surface area contributed by atoms with E-state index in [1.54, 1.807) is 17.9 Å². The summed E-state index contributed by atoms with van der Waals surface area (Å²) in [6.45, 7) is 6.73. The van der Waals surface area contributed by atoms with Crippen molar-refractivity contribution in [3.05, 3.63) is 32.7 Å². The summed E-state index contributed by atoms with van der Waals surface area (Å²) in [6, 6.07) is 2.68. The van der Waals surface area contributed by atoms with Gasteiger partial charge in [-0.1, -0.05) is 0 Å². The molecule has 1 amide bonds. The van der Waals surface area contributed by atoms with E-state index in [9.17, 15) is 20.0 Å². The summed E-state index contributed by atoms with van der Waals surface area (Å²) in [6.07, 6.45) is 1.54. The molecule has 1 aliphatic rings. The number of hydrogen-bond acceptors (Lipinski definition) is 7. The van der Waals surface area contributed by atoms with Crippen LogP contribution in [0.2, 0.25) is 0 Å². The van der Waals surface area contributed by atoms with Crippen molar-refractivity contribution in [2.75, 3.05) is 19.7 Å². The van der Waals surface area contributed by atoms with Crippen molar-refractivity contribution >= 4 is 34.6 Å². The first-order valence-electron chi connectivity index (χ1n) is 7.82. The number of phenols is 1. The Labute approximate surface area is 149 Å². The summed E-state index contributed by atoms with van der Waals surface area (Å²) in [5, 5.41) is 21.7. The minimum atomic E-state index is -0.689. The Bertz CT molecular complexity index is 760. The molecule has 0 unspecified atom stereocenters. The number of amides is 1. The van der Waals surface area contributed by atoms with Crippen LogP contribution in [0.25, 0.3) is 6.08 Å². The summed E-state index contributed by atoms with van der Waals surface area (Å²) < 4.78 is 5.25. The summed E-state index contributed by atoms with van der Waals surface area (Å²) in [7, 11) is 0. The third-order valence-electron chi connectivity index (χ3n) is 3.37. The minimum Gasteiger partial charge on any atom is -0.500 e. The molecule has 0 bridgehead atoms. The molecule has 1 aliphatic heterocycles. The standard InChI is InChI=1S/C16H19N3O5S/c1-4-17-16-18(5-2)15(21)13(25-16)9-10-7-11(19(22)23)14(20)12(8-10)24-6-3/h7-9,20H,4-6H2,1-3H3/b13-9-,17-16?. The van der Waals surface area contributed by atoms with Gasteiger partial charge in [-0.25, -0.2) is 0 Å². The Morgan fingerprint density at radius 1 is 1.40 bits per heavy atom. The van der Waals surface area contributed by atoms with Gasteiger partial charge in [-0.2, -0.15) is 0 Å². The van der Waals surface area contributed by atoms with Crippen molar-refractivity contribution in [2.24, 2.45) is 4.99 Å². The second kappa shape index (κ2) is 8.02. The number of nitro groups is 1. The number of hydrogen-bond donors (Lipinski definition) is 1. The third-order valence-corrected chi connectivity index (χ3v) is 4.41. The highest BCUT2D eigenvalue weighted by atomic mass is 32.2. The predicted molar refractivity (Wildman–Crippen MR) is 96.9 cm³/mol. The lowest BCUT2D eigenvalue weighted by Gasteiger charge is -2.11. The molecule has 0 atom stereocenters. The molecule has 2 rings (SSSR count). The van der Waals surface area contributed by atoms with Gasteiger partial charge < -0.3 is 9.84 Å². The van der Waals surface area contributed by atoms with Gasteiger partial charge in [-0.15, -0.1) is 0 Å². The van der Waals surface area contributed by atoms with Crippen molar-refractivity contribution in [1.82, 2.24) is 4.90 Å². The van der Waals surface area contributed by atoms with E-state index in [4.69, 9.17) is 4.74 Å². The normalized spacial score (nSPS) is 17.6. The predicted octanol–water partition coefficient (Wildman–Crippen LogP) is 3.01. The number of nitrogens with zero attached hydrogens (tertiary/aromatic N) is 3. The second-order valence-electron chi connectivity index (χ2n) is 4.99. The molecular formula is C16H19N3O5S. The maximum absolute atomic E-state index is 12.5. The van der Waals surface area contributed by atoms with Gasteiger partial charge in [0.2, 0.25) is 5.75 Å². The van der Waals surface area contributed by atoms with Crippen LogP contribution in [0.3, 0.4) is 0 Å². The number of rotatable bonds is 6. The highest BCUT2D eigenvalue weighted by molar-refractivity contribution is 8.18. The number of thioether (sulfide) groups is 1. The van der Waals surface area contributed by atoms with Gasteiger partial charge in [0.1, 0.15) is 0 Å². The number of ether oxygens (including phenoxy) is 1. The number of nitro benzene ring substituents is 1. The minimum absolute atomic E-state index is 0.00814. The average molecular weight is 365 g/mol. The summed E-state index contributed by atoms with van der Waals surface area (Å²) in [5.41, 5.74) is -0.0688. The molecule has 1 saturated heterocycles. The van der Waals surface area contributed by atoms with Crippen LogP contribution in [-0.2, 0) is 4.79 Å². The van der Waals surface area contributed by atoms with E-state index < -0.39 is 16.4 Å². The number of carbonyl (C=O) groups is 1. The van der Waals surface area contributed by atoms with Gasteiger partial charge in [0.05, 0.1) is 16.4 Å². The number of benzene rings is 1. The molecule has 1 N–H and O–H groups in total. The van der Waals surface area contributed by atoms with Crippen molar-refractivity contribution in [1.29, 1.82) is 0 Å². The van der Waals surface area contributed by atoms with Crippen LogP contribution in [-0.4, -0.2) is 45.7 Å². The highest BCUT2D eigenvalue weighted by Crippen LogP contribution is 2.39. The Kier molecular flexibility index (Phi) is 6.02. The van der Waals surface area contributed by atoms with E-state index in [-0.39, 0.29) is 18.3 Å². The maximum atomic E-state index is 12.5. The maximum Gasteiger partial charge on any atom is 0.315 e. The lowest BCUT2D eigenvalue weighted by molar-refractivity contribution is -0.386. The van der Waals surface area contributed by atoms with Gasteiger partial charge in [0.25, 0.3) is 5.91 Å². The fourth-order valence-electron chi connectivity index (χ4n) is 2.29. The molecule has 1 aromatic rings. The quantitative estimate of drug-likeness (QED) is 0.472. The first kappa shape index (κ1) is 18.8. The number of phenolic OH excluding ortho intramolecular Hbond substituents is 1. The van der Waals surface area contributed by atoms with Crippen LogP contribution in [0.5, 0.6) is 11.5 Å². The molecule has 0 aliphatic carbocycles. The Balaban J connectivity index is 2.48. The molecule has 0 aromatic heterocycles. The van der Waals surface area contributed by atoms with Crippen molar-refractivity contribution in [2.45, 2.75) is 20.8 Å². The van der Waals surface area contributed by atoms with E-state index >= 15 is 0 Å². The van der Waals surface area contributed by atoms with Gasteiger partial charge in [-0.05, 0) is 50.2 Å². The monoisotopic (exact) mass is 365 g/mol. The van der Waals surface area contributed by atoms with Gasteiger partial charge >= 0.3 is 5.69 Å². The van der Waals surface area contributed by atoms with E-state index in [1.165, 1.54) is 23.9 Å². The Morgan fingerprint density at radius 3 is 2.68 bits per heavy atom. The fraction of sp³-hybridized carbons (Fsp3) is 0.375. The first-order chi connectivity index (χ1) is 11.9. The zero-order valence-corrected chi connectivity index (χ0v) is 15.0. The Morgan fingerprint density at radius 2 is 2.12 bits per heavy atom. The molecule has 0 spiro atoms. The lowest BCUT2D eigenvalue weighted by Crippen LogP contribution is -2.28. The number of aliphatic imine (C=N–C) groups is 1. The smallest absolute Gasteiger partial charge is 0.315 e. The first-order valence-corrected chi connectivity index (χ1v) is 8.64. The second-order valence-corrected chi connectivity index (χ2v) is 6.00. The number of aromatic hydroxyl groups is 1. The fourth-order valence-corrected chi connectivity index (χ4v) is 3.40. The SMILES string of the molecule is CCN=C1S/C(=C\c2cc(OCC)c(O)c([N+](=O)[O-])c2)C(=O)N1CC. The number of carbonyl (C=O) groups excluding carboxylic acids is 1. The molecule has 1 aromatic carbocycles. The highest BCUT2D eigenvalue weighted by Gasteiger charge is 2.32. The van der Waals surface area contributed by atoms with Crippen LogP contribution in [0.1, 0.15) is 26.3 Å². The summed E-state index contributed by atoms with van der Waals surface area (Å²) in [5.74, 6) is -0.718. The van der Waals surface area contributed by atoms with Crippen LogP contribution < -0.4 is 4.74 Å². The van der Waals surface area contributed by atoms with Crippen LogP contribution in [0, 0.1) is 10.1 Å².